The number of hydrogen-bond donors (Lipinski definition) is 1. The standard InChI is InChI=1S/C11H11ClO/c1-9-8-11(12)6-5-10(9)4-2-3-7-13/h5-6,8,13H,3,7H2,1H3. The third-order valence-corrected chi connectivity index (χ3v) is 1.88. The normalized spacial score (nSPS) is 9.15. The fourth-order valence-electron chi connectivity index (χ4n) is 0.981. The number of aryl methyl sites for hydroxylation is 1. The van der Waals surface area contributed by atoms with Crippen LogP contribution in [0.5, 0.6) is 0 Å². The molecule has 0 saturated carbocycles. The maximum Gasteiger partial charge on any atom is 0.0540 e. The molecule has 0 aliphatic rings. The van der Waals surface area contributed by atoms with Gasteiger partial charge in [-0.1, -0.05) is 23.4 Å². The first kappa shape index (κ1) is 10.1. The summed E-state index contributed by atoms with van der Waals surface area (Å²) in [5.74, 6) is 5.84. The van der Waals surface area contributed by atoms with Crippen molar-refractivity contribution in [3.8, 4) is 11.8 Å². The van der Waals surface area contributed by atoms with E-state index in [0.717, 1.165) is 16.1 Å². The van der Waals surface area contributed by atoms with Crippen molar-refractivity contribution in [2.75, 3.05) is 6.61 Å². The van der Waals surface area contributed by atoms with Gasteiger partial charge in [0.15, 0.2) is 0 Å². The molecule has 0 radical (unpaired) electrons. The number of halogens is 1. The zero-order valence-corrected chi connectivity index (χ0v) is 8.23. The van der Waals surface area contributed by atoms with Crippen molar-refractivity contribution in [1.82, 2.24) is 0 Å². The zero-order valence-electron chi connectivity index (χ0n) is 7.47. The van der Waals surface area contributed by atoms with E-state index < -0.39 is 0 Å². The first-order valence-corrected chi connectivity index (χ1v) is 4.47. The average Bonchev–Trinajstić information content (AvgIpc) is 2.09. The fourth-order valence-corrected chi connectivity index (χ4v) is 1.21. The molecule has 1 nitrogen and oxygen atoms in total. The molecule has 0 amide bonds. The minimum atomic E-state index is 0.111. The zero-order chi connectivity index (χ0) is 9.68. The molecule has 1 N–H and O–H groups in total. The Morgan fingerprint density at radius 3 is 2.85 bits per heavy atom. The Bertz CT molecular complexity index is 347. The van der Waals surface area contributed by atoms with E-state index in [1.54, 1.807) is 0 Å². The molecule has 0 aromatic heterocycles. The van der Waals surface area contributed by atoms with Crippen molar-refractivity contribution in [3.63, 3.8) is 0 Å². The van der Waals surface area contributed by atoms with Crippen molar-refractivity contribution >= 4 is 11.6 Å². The monoisotopic (exact) mass is 194 g/mol. The summed E-state index contributed by atoms with van der Waals surface area (Å²) in [5, 5.41) is 9.26. The molecule has 0 saturated heterocycles. The Hall–Kier alpha value is -0.970. The molecule has 1 rings (SSSR count). The van der Waals surface area contributed by atoms with Gasteiger partial charge in [0.1, 0.15) is 0 Å². The fraction of sp³-hybridized carbons (Fsp3) is 0.273. The molecule has 0 aliphatic heterocycles. The molecule has 0 aliphatic carbocycles. The minimum Gasteiger partial charge on any atom is -0.395 e. The van der Waals surface area contributed by atoms with E-state index >= 15 is 0 Å². The van der Waals surface area contributed by atoms with E-state index in [-0.39, 0.29) is 6.61 Å². The summed E-state index contributed by atoms with van der Waals surface area (Å²) in [7, 11) is 0. The van der Waals surface area contributed by atoms with Crippen LogP contribution in [0.4, 0.5) is 0 Å². The highest BCUT2D eigenvalue weighted by Gasteiger charge is 1.94. The molecule has 0 spiro atoms. The lowest BCUT2D eigenvalue weighted by atomic mass is 10.1. The number of aliphatic hydroxyl groups excluding tert-OH is 1. The summed E-state index contributed by atoms with van der Waals surface area (Å²) in [4.78, 5) is 0. The predicted molar refractivity (Wildman–Crippen MR) is 54.8 cm³/mol. The van der Waals surface area contributed by atoms with Gasteiger partial charge in [-0.2, -0.15) is 0 Å². The van der Waals surface area contributed by atoms with Gasteiger partial charge in [0.05, 0.1) is 6.61 Å². The molecule has 0 heterocycles. The van der Waals surface area contributed by atoms with Crippen LogP contribution in [-0.2, 0) is 0 Å². The second kappa shape index (κ2) is 4.91. The number of rotatable bonds is 1. The lowest BCUT2D eigenvalue weighted by Crippen LogP contribution is -1.82. The minimum absolute atomic E-state index is 0.111. The van der Waals surface area contributed by atoms with E-state index in [0.29, 0.717) is 6.42 Å². The molecular formula is C11H11ClO. The van der Waals surface area contributed by atoms with Gasteiger partial charge >= 0.3 is 0 Å². The van der Waals surface area contributed by atoms with Crippen LogP contribution >= 0.6 is 11.6 Å². The van der Waals surface area contributed by atoms with Crippen LogP contribution in [-0.4, -0.2) is 11.7 Å². The van der Waals surface area contributed by atoms with E-state index in [4.69, 9.17) is 16.7 Å². The Kier molecular flexibility index (Phi) is 3.82. The van der Waals surface area contributed by atoms with Crippen molar-refractivity contribution in [2.24, 2.45) is 0 Å². The first-order chi connectivity index (χ1) is 6.24. The number of aliphatic hydroxyl groups is 1. The summed E-state index contributed by atoms with van der Waals surface area (Å²) in [5.41, 5.74) is 2.04. The molecule has 0 bridgehead atoms. The van der Waals surface area contributed by atoms with Crippen LogP contribution in [0.2, 0.25) is 5.02 Å². The number of benzene rings is 1. The Morgan fingerprint density at radius 2 is 2.23 bits per heavy atom. The molecule has 0 fully saturated rings. The summed E-state index contributed by atoms with van der Waals surface area (Å²) < 4.78 is 0. The predicted octanol–water partition coefficient (Wildman–Crippen LogP) is 2.38. The lowest BCUT2D eigenvalue weighted by Gasteiger charge is -1.97. The molecule has 68 valence electrons. The molecule has 0 atom stereocenters. The number of hydrogen-bond acceptors (Lipinski definition) is 1. The Morgan fingerprint density at radius 1 is 1.46 bits per heavy atom. The van der Waals surface area contributed by atoms with Gasteiger partial charge < -0.3 is 5.11 Å². The Balaban J connectivity index is 2.85. The van der Waals surface area contributed by atoms with Gasteiger partial charge in [-0.05, 0) is 30.7 Å². The lowest BCUT2D eigenvalue weighted by molar-refractivity contribution is 0.305. The molecule has 1 aromatic rings. The molecule has 13 heavy (non-hydrogen) atoms. The summed E-state index contributed by atoms with van der Waals surface area (Å²) in [6.07, 6.45) is 0.516. The molecule has 1 aromatic carbocycles. The first-order valence-electron chi connectivity index (χ1n) is 4.10. The Labute approximate surface area is 83.4 Å². The molecule has 2 heteroatoms. The summed E-state index contributed by atoms with van der Waals surface area (Å²) >= 11 is 5.79. The second-order valence-electron chi connectivity index (χ2n) is 2.73. The quantitative estimate of drug-likeness (QED) is 0.681. The van der Waals surface area contributed by atoms with Crippen LogP contribution in [0, 0.1) is 18.8 Å². The summed E-state index contributed by atoms with van der Waals surface area (Å²) in [6, 6.07) is 5.59. The van der Waals surface area contributed by atoms with Gasteiger partial charge in [-0.25, -0.2) is 0 Å². The van der Waals surface area contributed by atoms with E-state index in [1.165, 1.54) is 0 Å². The van der Waals surface area contributed by atoms with Crippen LogP contribution in [0.25, 0.3) is 0 Å². The largest absolute Gasteiger partial charge is 0.395 e. The third kappa shape index (κ3) is 3.10. The van der Waals surface area contributed by atoms with Crippen LogP contribution in [0.3, 0.4) is 0 Å². The summed E-state index contributed by atoms with van der Waals surface area (Å²) in [6.45, 7) is 2.08. The van der Waals surface area contributed by atoms with E-state index in [9.17, 15) is 0 Å². The highest BCUT2D eigenvalue weighted by atomic mass is 35.5. The van der Waals surface area contributed by atoms with Gasteiger partial charge in [-0.3, -0.25) is 0 Å². The van der Waals surface area contributed by atoms with Crippen molar-refractivity contribution in [3.05, 3.63) is 34.3 Å². The van der Waals surface area contributed by atoms with Crippen LogP contribution < -0.4 is 0 Å². The van der Waals surface area contributed by atoms with Gasteiger partial charge in [0, 0.05) is 17.0 Å². The molecular weight excluding hydrogens is 184 g/mol. The highest BCUT2D eigenvalue weighted by Crippen LogP contribution is 2.13. The van der Waals surface area contributed by atoms with Gasteiger partial charge in [0.25, 0.3) is 0 Å². The van der Waals surface area contributed by atoms with Crippen molar-refractivity contribution in [1.29, 1.82) is 0 Å². The average molecular weight is 195 g/mol. The topological polar surface area (TPSA) is 20.2 Å². The second-order valence-corrected chi connectivity index (χ2v) is 3.17. The molecule has 0 unspecified atom stereocenters. The highest BCUT2D eigenvalue weighted by molar-refractivity contribution is 6.30. The SMILES string of the molecule is Cc1cc(Cl)ccc1C#CCCO. The third-order valence-electron chi connectivity index (χ3n) is 1.65. The van der Waals surface area contributed by atoms with E-state index in [1.807, 2.05) is 25.1 Å². The maximum absolute atomic E-state index is 8.53. The van der Waals surface area contributed by atoms with Crippen molar-refractivity contribution in [2.45, 2.75) is 13.3 Å². The maximum atomic E-state index is 8.53. The van der Waals surface area contributed by atoms with Gasteiger partial charge in [0.2, 0.25) is 0 Å². The smallest absolute Gasteiger partial charge is 0.0540 e. The van der Waals surface area contributed by atoms with Crippen molar-refractivity contribution < 1.29 is 5.11 Å². The van der Waals surface area contributed by atoms with Crippen LogP contribution in [0.1, 0.15) is 17.5 Å². The van der Waals surface area contributed by atoms with Crippen LogP contribution in [0.15, 0.2) is 18.2 Å². The van der Waals surface area contributed by atoms with E-state index in [2.05, 4.69) is 11.8 Å². The van der Waals surface area contributed by atoms with Gasteiger partial charge in [-0.15, -0.1) is 0 Å².